The van der Waals surface area contributed by atoms with Gasteiger partial charge in [0, 0.05) is 13.8 Å². The third-order valence-corrected chi connectivity index (χ3v) is 15.1. The second-order valence-corrected chi connectivity index (χ2v) is 16.2. The molecule has 0 unspecified atom stereocenters. The average Bonchev–Trinajstić information content (AvgIpc) is 2.93. The van der Waals surface area contributed by atoms with Crippen molar-refractivity contribution >= 4 is 49.3 Å². The highest BCUT2D eigenvalue weighted by atomic mass is 28.4. The van der Waals surface area contributed by atoms with Crippen molar-refractivity contribution in [1.82, 2.24) is 0 Å². The van der Waals surface area contributed by atoms with Gasteiger partial charge in [-0.25, -0.2) is 0 Å². The van der Waals surface area contributed by atoms with Crippen LogP contribution in [0.4, 0.5) is 0 Å². The normalized spacial score (nSPS) is 11.5. The molecule has 0 fully saturated rings. The summed E-state index contributed by atoms with van der Waals surface area (Å²) in [5, 5.41) is 4.21. The van der Waals surface area contributed by atoms with Gasteiger partial charge in [0.15, 0.2) is 0 Å². The topological polar surface area (TPSA) is 52.6 Å². The van der Waals surface area contributed by atoms with Gasteiger partial charge in [-0.05, 0) is 32.8 Å². The summed E-state index contributed by atoms with van der Waals surface area (Å²) in [6.07, 6.45) is 0.729. The minimum absolute atomic E-state index is 0.283. The lowest BCUT2D eigenvalue weighted by Crippen LogP contribution is -2.63. The lowest BCUT2D eigenvalue weighted by molar-refractivity contribution is -0.133. The predicted octanol–water partition coefficient (Wildman–Crippen LogP) is 4.02. The van der Waals surface area contributed by atoms with Gasteiger partial charge in [-0.2, -0.15) is 0 Å². The van der Waals surface area contributed by atoms with E-state index >= 15 is 0 Å². The van der Waals surface area contributed by atoms with Gasteiger partial charge in [-0.3, -0.25) is 9.59 Å². The Morgan fingerprint density at radius 2 is 0.730 bits per heavy atom. The lowest BCUT2D eigenvalue weighted by atomic mass is 10.4. The van der Waals surface area contributed by atoms with Gasteiger partial charge in [0.2, 0.25) is 0 Å². The van der Waals surface area contributed by atoms with Crippen LogP contribution >= 0.6 is 0 Å². The zero-order valence-corrected chi connectivity index (χ0v) is 23.3. The van der Waals surface area contributed by atoms with E-state index in [1.165, 1.54) is 13.8 Å². The lowest BCUT2D eigenvalue weighted by Gasteiger charge is -2.35. The van der Waals surface area contributed by atoms with E-state index in [0.29, 0.717) is 12.1 Å². The summed E-state index contributed by atoms with van der Waals surface area (Å²) in [5.41, 5.74) is 0. The second kappa shape index (κ2) is 12.0. The Kier molecular flexibility index (Phi) is 8.53. The number of carbonyl (C=O) groups is 2. The first kappa shape index (κ1) is 26.3. The third-order valence-electron chi connectivity index (χ3n) is 6.65. The molecule has 0 N–H and O–H groups in total. The molecule has 0 amide bonds. The molecule has 0 radical (unpaired) electrons. The highest BCUT2D eigenvalue weighted by molar-refractivity contribution is 6.99. The van der Waals surface area contributed by atoms with Crippen molar-refractivity contribution in [3.8, 4) is 0 Å². The Labute approximate surface area is 221 Å². The van der Waals surface area contributed by atoms with Crippen LogP contribution in [0.5, 0.6) is 0 Å². The molecule has 6 heteroatoms. The summed E-state index contributed by atoms with van der Waals surface area (Å²) in [4.78, 5) is 25.0. The van der Waals surface area contributed by atoms with Crippen LogP contribution in [-0.4, -0.2) is 28.6 Å². The van der Waals surface area contributed by atoms with E-state index in [0.717, 1.165) is 27.2 Å². The first-order valence-corrected chi connectivity index (χ1v) is 16.8. The maximum Gasteiger partial charge on any atom is 0.318 e. The van der Waals surface area contributed by atoms with Gasteiger partial charge in [-0.1, -0.05) is 128 Å². The zero-order valence-electron chi connectivity index (χ0n) is 21.3. The maximum absolute atomic E-state index is 12.5. The minimum atomic E-state index is -2.92. The molecular weight excluding hydrogens is 493 g/mol. The van der Waals surface area contributed by atoms with Gasteiger partial charge >= 0.3 is 16.6 Å². The molecule has 0 aliphatic carbocycles. The highest BCUT2D eigenvalue weighted by Gasteiger charge is 2.46. The fourth-order valence-corrected chi connectivity index (χ4v) is 13.3. The van der Waals surface area contributed by atoms with Crippen molar-refractivity contribution in [3.63, 3.8) is 0 Å². The fraction of sp³-hybridized carbons (Fsp3) is 0.161. The number of hydrogen-bond donors (Lipinski definition) is 0. The fourth-order valence-electron chi connectivity index (χ4n) is 5.15. The summed E-state index contributed by atoms with van der Waals surface area (Å²) in [7, 11) is -5.84. The quantitative estimate of drug-likeness (QED) is 0.294. The standard InChI is InChI=1S/C31H32O4Si2/c1-26(32)34-36(28-16-7-3-8-17-28,29-18-9-4-10-19-29)24-15-25-37(35-27(2)33,30-20-11-5-12-21-30)31-22-13-6-14-23-31/h3-14,16-23H,15,24-25H2,1-2H3. The van der Waals surface area contributed by atoms with Crippen LogP contribution in [0.15, 0.2) is 121 Å². The van der Waals surface area contributed by atoms with E-state index in [2.05, 4.69) is 48.5 Å². The first-order chi connectivity index (χ1) is 18.0. The molecule has 0 saturated heterocycles. The Bertz CT molecular complexity index is 1110. The summed E-state index contributed by atoms with van der Waals surface area (Å²) in [5.74, 6) is -0.567. The number of carbonyl (C=O) groups excluding carboxylic acids is 2. The van der Waals surface area contributed by atoms with Gasteiger partial charge in [0.25, 0.3) is 11.9 Å². The summed E-state index contributed by atoms with van der Waals surface area (Å²) >= 11 is 0. The number of benzene rings is 4. The second-order valence-electron chi connectivity index (χ2n) is 9.16. The van der Waals surface area contributed by atoms with Crippen LogP contribution < -0.4 is 20.7 Å². The molecule has 0 aliphatic rings. The van der Waals surface area contributed by atoms with Crippen molar-refractivity contribution in [3.05, 3.63) is 121 Å². The van der Waals surface area contributed by atoms with Gasteiger partial charge in [-0.15, -0.1) is 0 Å². The Balaban J connectivity index is 1.78. The monoisotopic (exact) mass is 524 g/mol. The number of hydrogen-bond acceptors (Lipinski definition) is 4. The molecule has 37 heavy (non-hydrogen) atoms. The first-order valence-electron chi connectivity index (χ1n) is 12.6. The molecule has 4 nitrogen and oxygen atoms in total. The smallest absolute Gasteiger partial charge is 0.318 e. The van der Waals surface area contributed by atoms with Crippen LogP contribution in [0.3, 0.4) is 0 Å². The molecule has 0 heterocycles. The van der Waals surface area contributed by atoms with Crippen LogP contribution in [-0.2, 0) is 18.4 Å². The van der Waals surface area contributed by atoms with E-state index in [1.54, 1.807) is 0 Å². The molecule has 0 bridgehead atoms. The average molecular weight is 525 g/mol. The molecule has 0 spiro atoms. The highest BCUT2D eigenvalue weighted by Crippen LogP contribution is 2.23. The number of rotatable bonds is 10. The Morgan fingerprint density at radius 3 is 0.946 bits per heavy atom. The molecule has 188 valence electrons. The van der Waals surface area contributed by atoms with Crippen molar-refractivity contribution in [1.29, 1.82) is 0 Å². The predicted molar refractivity (Wildman–Crippen MR) is 154 cm³/mol. The summed E-state index contributed by atoms with van der Waals surface area (Å²) in [6, 6.07) is 41.7. The largest absolute Gasteiger partial charge is 0.510 e. The van der Waals surface area contributed by atoms with E-state index in [-0.39, 0.29) is 11.9 Å². The van der Waals surface area contributed by atoms with Gasteiger partial charge in [0.1, 0.15) is 0 Å². The van der Waals surface area contributed by atoms with Crippen molar-refractivity contribution in [2.24, 2.45) is 0 Å². The van der Waals surface area contributed by atoms with Gasteiger partial charge < -0.3 is 8.85 Å². The zero-order chi connectivity index (χ0) is 26.1. The van der Waals surface area contributed by atoms with Crippen LogP contribution in [0.1, 0.15) is 20.3 Å². The molecule has 4 rings (SSSR count). The van der Waals surface area contributed by atoms with Crippen molar-refractivity contribution < 1.29 is 18.4 Å². The molecular formula is C31H32O4Si2. The minimum Gasteiger partial charge on any atom is -0.510 e. The van der Waals surface area contributed by atoms with E-state index in [4.69, 9.17) is 8.85 Å². The van der Waals surface area contributed by atoms with E-state index in [1.807, 2.05) is 72.8 Å². The Morgan fingerprint density at radius 1 is 0.486 bits per heavy atom. The molecule has 0 saturated carbocycles. The Hall–Kier alpha value is -3.75. The van der Waals surface area contributed by atoms with Crippen LogP contribution in [0.2, 0.25) is 12.1 Å². The van der Waals surface area contributed by atoms with E-state index < -0.39 is 16.6 Å². The molecule has 0 aromatic heterocycles. The third kappa shape index (κ3) is 5.98. The van der Waals surface area contributed by atoms with Gasteiger partial charge in [0.05, 0.1) is 0 Å². The molecule has 0 atom stereocenters. The molecule has 0 aliphatic heterocycles. The van der Waals surface area contributed by atoms with Crippen molar-refractivity contribution in [2.45, 2.75) is 32.4 Å². The molecule has 4 aromatic rings. The van der Waals surface area contributed by atoms with Crippen LogP contribution in [0, 0.1) is 0 Å². The summed E-state index contributed by atoms with van der Waals surface area (Å²) in [6.45, 7) is 2.97. The summed E-state index contributed by atoms with van der Waals surface area (Å²) < 4.78 is 12.7. The SMILES string of the molecule is CC(=O)O[Si](CCC[Si](OC(C)=O)(c1ccccc1)c1ccccc1)(c1ccccc1)c1ccccc1. The molecule has 4 aromatic carbocycles. The van der Waals surface area contributed by atoms with Crippen molar-refractivity contribution in [2.75, 3.05) is 0 Å². The van der Waals surface area contributed by atoms with E-state index in [9.17, 15) is 9.59 Å². The maximum atomic E-state index is 12.5. The van der Waals surface area contributed by atoms with Crippen LogP contribution in [0.25, 0.3) is 0 Å².